The smallest absolute Gasteiger partial charge is 0.295 e. The van der Waals surface area contributed by atoms with Gasteiger partial charge in [0.2, 0.25) is 10.0 Å². The van der Waals surface area contributed by atoms with Crippen LogP contribution in [0.2, 0.25) is 0 Å². The van der Waals surface area contributed by atoms with Gasteiger partial charge in [0.25, 0.3) is 17.4 Å². The molecule has 0 aromatic heterocycles. The topological polar surface area (TPSA) is 147 Å². The fraction of sp³-hybridized carbons (Fsp3) is 0.407. The van der Waals surface area contributed by atoms with Crippen molar-refractivity contribution in [2.45, 2.75) is 43.0 Å². The van der Waals surface area contributed by atoms with Crippen molar-refractivity contribution in [1.29, 1.82) is 0 Å². The summed E-state index contributed by atoms with van der Waals surface area (Å²) in [6.45, 7) is 1.39. The number of ketones is 1. The van der Waals surface area contributed by atoms with Gasteiger partial charge in [-0.3, -0.25) is 19.7 Å². The molecule has 2 fully saturated rings. The van der Waals surface area contributed by atoms with Gasteiger partial charge in [-0.15, -0.1) is 0 Å². The Morgan fingerprint density at radius 2 is 1.64 bits per heavy atom. The largest absolute Gasteiger partial charge is 0.507 e. The van der Waals surface area contributed by atoms with Crippen LogP contribution in [0.15, 0.2) is 59.0 Å². The van der Waals surface area contributed by atoms with E-state index in [-0.39, 0.29) is 28.3 Å². The second-order valence-electron chi connectivity index (χ2n) is 9.53. The van der Waals surface area contributed by atoms with Crippen molar-refractivity contribution in [2.75, 3.05) is 33.4 Å². The zero-order valence-electron chi connectivity index (χ0n) is 21.6. The lowest BCUT2D eigenvalue weighted by Crippen LogP contribution is -2.31. The molecule has 2 aliphatic heterocycles. The Hall–Kier alpha value is -3.61. The van der Waals surface area contributed by atoms with E-state index in [1.165, 1.54) is 64.8 Å². The third-order valence-electron chi connectivity index (χ3n) is 7.04. The molecule has 0 spiro atoms. The molecule has 1 amide bonds. The number of likely N-dealkylation sites (tertiary alicyclic amines) is 1. The first-order valence-electron chi connectivity index (χ1n) is 12.8. The third-order valence-corrected chi connectivity index (χ3v) is 8.95. The van der Waals surface area contributed by atoms with E-state index in [2.05, 4.69) is 0 Å². The average Bonchev–Trinajstić information content (AvgIpc) is 3.11. The molecule has 0 unspecified atom stereocenters. The monoisotopic (exact) mass is 557 g/mol. The van der Waals surface area contributed by atoms with Crippen LogP contribution in [0.4, 0.5) is 5.69 Å². The number of methoxy groups -OCH3 is 1. The number of amides is 1. The van der Waals surface area contributed by atoms with Crippen LogP contribution in [-0.2, 0) is 24.3 Å². The normalized spacial score (nSPS) is 20.2. The van der Waals surface area contributed by atoms with Crippen molar-refractivity contribution < 1.29 is 32.8 Å². The number of nitrogens with zero attached hydrogens (tertiary/aromatic N) is 3. The summed E-state index contributed by atoms with van der Waals surface area (Å²) in [5.41, 5.74) is 0.261. The first kappa shape index (κ1) is 28.4. The molecule has 0 bridgehead atoms. The standard InChI is InChI=1S/C27H31N3O8S/c1-38-18-6-17-29-24(19-7-11-21(12-8-19)30(34)35)23(26(32)27(29)33)25(31)20-9-13-22(14-10-20)39(36,37)28-15-4-2-3-5-16-28/h7-14,24,31H,2-6,15-18H2,1H3/t24-/m1/s1. The number of hydrogen-bond donors (Lipinski definition) is 1. The summed E-state index contributed by atoms with van der Waals surface area (Å²) in [6.07, 6.45) is 3.99. The number of rotatable bonds is 9. The molecule has 39 heavy (non-hydrogen) atoms. The zero-order valence-corrected chi connectivity index (χ0v) is 22.4. The minimum Gasteiger partial charge on any atom is -0.507 e. The molecule has 2 aromatic rings. The van der Waals surface area contributed by atoms with Crippen molar-refractivity contribution in [1.82, 2.24) is 9.21 Å². The van der Waals surface area contributed by atoms with E-state index in [1.54, 1.807) is 0 Å². The lowest BCUT2D eigenvalue weighted by Gasteiger charge is -2.25. The van der Waals surface area contributed by atoms with E-state index in [4.69, 9.17) is 4.74 Å². The molecule has 2 saturated heterocycles. The Bertz CT molecular complexity index is 1360. The fourth-order valence-corrected chi connectivity index (χ4v) is 6.50. The molecule has 1 N–H and O–H groups in total. The predicted molar refractivity (Wildman–Crippen MR) is 142 cm³/mol. The van der Waals surface area contributed by atoms with Crippen LogP contribution in [0.1, 0.15) is 49.3 Å². The number of Topliss-reactive ketones (excluding diaryl/α,β-unsaturated/α-hetero) is 1. The maximum Gasteiger partial charge on any atom is 0.295 e. The summed E-state index contributed by atoms with van der Waals surface area (Å²) in [4.78, 5) is 38.1. The quantitative estimate of drug-likeness (QED) is 0.123. The molecule has 2 heterocycles. The SMILES string of the molecule is COCCCN1C(=O)C(=O)C(=C(O)c2ccc(S(=O)(=O)N3CCCCCC3)cc2)[C@H]1c1ccc([N+](=O)[O-])cc1. The number of nitro benzene ring substituents is 1. The van der Waals surface area contributed by atoms with Crippen LogP contribution < -0.4 is 0 Å². The summed E-state index contributed by atoms with van der Waals surface area (Å²) >= 11 is 0. The third kappa shape index (κ3) is 5.87. The lowest BCUT2D eigenvalue weighted by atomic mass is 9.95. The molecule has 2 aliphatic rings. The Morgan fingerprint density at radius 1 is 1.03 bits per heavy atom. The number of benzene rings is 2. The number of non-ortho nitro benzene ring substituents is 1. The van der Waals surface area contributed by atoms with Crippen molar-refractivity contribution in [3.05, 3.63) is 75.3 Å². The Labute approximate surface area is 226 Å². The number of nitro groups is 1. The minimum atomic E-state index is -3.71. The van der Waals surface area contributed by atoms with Gasteiger partial charge in [0.1, 0.15) is 5.76 Å². The van der Waals surface area contributed by atoms with Crippen LogP contribution in [0.25, 0.3) is 5.76 Å². The zero-order chi connectivity index (χ0) is 28.2. The highest BCUT2D eigenvalue weighted by Crippen LogP contribution is 2.40. The molecule has 11 nitrogen and oxygen atoms in total. The Kier molecular flexibility index (Phi) is 8.78. The number of carbonyl (C=O) groups is 2. The van der Waals surface area contributed by atoms with Gasteiger partial charge >= 0.3 is 0 Å². The van der Waals surface area contributed by atoms with Gasteiger partial charge < -0.3 is 14.7 Å². The number of aliphatic hydroxyl groups is 1. The van der Waals surface area contributed by atoms with Crippen LogP contribution in [0, 0.1) is 10.1 Å². The van der Waals surface area contributed by atoms with E-state index >= 15 is 0 Å². The van der Waals surface area contributed by atoms with Gasteiger partial charge in [0.05, 0.1) is 21.4 Å². The van der Waals surface area contributed by atoms with Crippen LogP contribution in [0.5, 0.6) is 0 Å². The highest BCUT2D eigenvalue weighted by molar-refractivity contribution is 7.89. The number of aliphatic hydroxyl groups excluding tert-OH is 1. The van der Waals surface area contributed by atoms with Crippen LogP contribution >= 0.6 is 0 Å². The van der Waals surface area contributed by atoms with E-state index in [9.17, 15) is 33.2 Å². The summed E-state index contributed by atoms with van der Waals surface area (Å²) in [5, 5.41) is 22.4. The van der Waals surface area contributed by atoms with E-state index in [0.717, 1.165) is 25.7 Å². The maximum absolute atomic E-state index is 13.1. The number of carbonyl (C=O) groups excluding carboxylic acids is 2. The first-order valence-corrected chi connectivity index (χ1v) is 14.2. The van der Waals surface area contributed by atoms with E-state index < -0.39 is 38.4 Å². The molecule has 208 valence electrons. The van der Waals surface area contributed by atoms with Crippen molar-refractivity contribution in [3.8, 4) is 0 Å². The summed E-state index contributed by atoms with van der Waals surface area (Å²) in [5.74, 6) is -2.16. The Balaban J connectivity index is 1.72. The molecule has 0 radical (unpaired) electrons. The summed E-state index contributed by atoms with van der Waals surface area (Å²) in [7, 11) is -2.20. The second-order valence-corrected chi connectivity index (χ2v) is 11.5. The first-order chi connectivity index (χ1) is 18.7. The van der Waals surface area contributed by atoms with Gasteiger partial charge in [-0.1, -0.05) is 12.8 Å². The molecule has 2 aromatic carbocycles. The molecule has 1 atom stereocenters. The molecule has 12 heteroatoms. The van der Waals surface area contributed by atoms with Crippen molar-refractivity contribution in [3.63, 3.8) is 0 Å². The van der Waals surface area contributed by atoms with Crippen molar-refractivity contribution >= 4 is 33.2 Å². The minimum absolute atomic E-state index is 0.0767. The Morgan fingerprint density at radius 3 is 2.21 bits per heavy atom. The van der Waals surface area contributed by atoms with Gasteiger partial charge in [-0.05, 0) is 61.2 Å². The summed E-state index contributed by atoms with van der Waals surface area (Å²) < 4.78 is 32.8. The molecule has 4 rings (SSSR count). The number of sulfonamides is 1. The summed E-state index contributed by atoms with van der Waals surface area (Å²) in [6, 6.07) is 10.0. The van der Waals surface area contributed by atoms with Gasteiger partial charge in [0.15, 0.2) is 0 Å². The van der Waals surface area contributed by atoms with Crippen molar-refractivity contribution in [2.24, 2.45) is 0 Å². The van der Waals surface area contributed by atoms with Crippen LogP contribution in [0.3, 0.4) is 0 Å². The van der Waals surface area contributed by atoms with Gasteiger partial charge in [-0.25, -0.2) is 8.42 Å². The average molecular weight is 558 g/mol. The lowest BCUT2D eigenvalue weighted by molar-refractivity contribution is -0.384. The second kappa shape index (κ2) is 12.1. The van der Waals surface area contributed by atoms with E-state index in [1.807, 2.05) is 0 Å². The molecule has 0 saturated carbocycles. The molecular weight excluding hydrogens is 526 g/mol. The molecule has 0 aliphatic carbocycles. The van der Waals surface area contributed by atoms with Crippen LogP contribution in [-0.4, -0.2) is 72.7 Å². The fourth-order valence-electron chi connectivity index (χ4n) is 4.99. The number of hydrogen-bond acceptors (Lipinski definition) is 8. The van der Waals surface area contributed by atoms with Gasteiger partial charge in [0, 0.05) is 51.0 Å². The predicted octanol–water partition coefficient (Wildman–Crippen LogP) is 3.62. The maximum atomic E-state index is 13.1. The number of ether oxygens (including phenoxy) is 1. The highest BCUT2D eigenvalue weighted by Gasteiger charge is 2.46. The van der Waals surface area contributed by atoms with Gasteiger partial charge in [-0.2, -0.15) is 4.31 Å². The van der Waals surface area contributed by atoms with E-state index in [0.29, 0.717) is 31.7 Å². The molecular formula is C27H31N3O8S. The highest BCUT2D eigenvalue weighted by atomic mass is 32.2.